The predicted molar refractivity (Wildman–Crippen MR) is 134 cm³/mol. The Bertz CT molecular complexity index is 942. The second-order valence-electron chi connectivity index (χ2n) is 11.3. The molecule has 2 aliphatic carbocycles. The highest BCUT2D eigenvalue weighted by Crippen LogP contribution is 2.61. The molecule has 0 amide bonds. The third kappa shape index (κ3) is 5.73. The van der Waals surface area contributed by atoms with E-state index < -0.39 is 5.97 Å². The lowest BCUT2D eigenvalue weighted by atomic mass is 9.47. The van der Waals surface area contributed by atoms with Crippen LogP contribution in [0.2, 0.25) is 0 Å². The van der Waals surface area contributed by atoms with Gasteiger partial charge < -0.3 is 14.9 Å². The Kier molecular flexibility index (Phi) is 7.95. The molecule has 0 saturated heterocycles. The molecule has 0 heterocycles. The van der Waals surface area contributed by atoms with Gasteiger partial charge in [-0.3, -0.25) is 4.79 Å². The van der Waals surface area contributed by atoms with Crippen LogP contribution in [0.15, 0.2) is 42.0 Å². The average Bonchev–Trinajstić information content (AvgIpc) is 2.74. The van der Waals surface area contributed by atoms with Crippen molar-refractivity contribution in [3.05, 3.63) is 47.6 Å². The van der Waals surface area contributed by atoms with Crippen LogP contribution in [0.5, 0.6) is 5.75 Å². The number of benzene rings is 1. The van der Waals surface area contributed by atoms with Gasteiger partial charge in [0.15, 0.2) is 0 Å². The minimum atomic E-state index is -0.726. The van der Waals surface area contributed by atoms with E-state index in [1.807, 2.05) is 6.92 Å². The summed E-state index contributed by atoms with van der Waals surface area (Å²) in [5.41, 5.74) is 2.19. The summed E-state index contributed by atoms with van der Waals surface area (Å²) in [4.78, 5) is 23.7. The van der Waals surface area contributed by atoms with Crippen molar-refractivity contribution >= 4 is 18.0 Å². The van der Waals surface area contributed by atoms with E-state index in [2.05, 4.69) is 33.8 Å². The fourth-order valence-corrected chi connectivity index (χ4v) is 6.57. The Morgan fingerprint density at radius 2 is 1.88 bits per heavy atom. The van der Waals surface area contributed by atoms with E-state index in [0.717, 1.165) is 37.7 Å². The molecular weight excluding hydrogens is 428 g/mol. The van der Waals surface area contributed by atoms with Gasteiger partial charge in [-0.15, -0.1) is 0 Å². The second kappa shape index (κ2) is 10.4. The number of phenols is 1. The zero-order valence-electron chi connectivity index (χ0n) is 21.2. The van der Waals surface area contributed by atoms with Crippen molar-refractivity contribution in [1.29, 1.82) is 0 Å². The highest BCUT2D eigenvalue weighted by atomic mass is 16.5. The van der Waals surface area contributed by atoms with Gasteiger partial charge in [-0.25, -0.2) is 4.79 Å². The smallest absolute Gasteiger partial charge is 0.331 e. The Labute approximate surface area is 203 Å². The van der Waals surface area contributed by atoms with Gasteiger partial charge >= 0.3 is 11.9 Å². The first-order valence-electron chi connectivity index (χ1n) is 12.5. The number of rotatable bonds is 8. The number of carbonyl (C=O) groups is 2. The Morgan fingerprint density at radius 1 is 1.21 bits per heavy atom. The van der Waals surface area contributed by atoms with Gasteiger partial charge in [-0.2, -0.15) is 0 Å². The monoisotopic (exact) mass is 468 g/mol. The molecule has 0 aliphatic heterocycles. The molecule has 186 valence electrons. The van der Waals surface area contributed by atoms with Gasteiger partial charge in [-0.05, 0) is 86.0 Å². The fourth-order valence-electron chi connectivity index (χ4n) is 6.57. The van der Waals surface area contributed by atoms with Crippen LogP contribution in [0, 0.1) is 28.6 Å². The molecule has 0 bridgehead atoms. The number of phenolic OH excluding ortho intramolecular Hbond substituents is 1. The topological polar surface area (TPSA) is 83.8 Å². The van der Waals surface area contributed by atoms with Crippen LogP contribution in [0.3, 0.4) is 0 Å². The zero-order valence-corrected chi connectivity index (χ0v) is 21.2. The lowest BCUT2D eigenvalue weighted by Crippen LogP contribution is -2.55. The summed E-state index contributed by atoms with van der Waals surface area (Å²) in [6.07, 6.45) is 10.3. The van der Waals surface area contributed by atoms with E-state index in [-0.39, 0.29) is 41.0 Å². The molecule has 5 heteroatoms. The number of esters is 1. The minimum Gasteiger partial charge on any atom is -0.508 e. The van der Waals surface area contributed by atoms with Crippen molar-refractivity contribution in [3.63, 3.8) is 0 Å². The molecule has 0 unspecified atom stereocenters. The van der Waals surface area contributed by atoms with Crippen molar-refractivity contribution in [1.82, 2.24) is 0 Å². The normalized spacial score (nSPS) is 29.2. The third-order valence-corrected chi connectivity index (χ3v) is 8.53. The summed E-state index contributed by atoms with van der Waals surface area (Å²) >= 11 is 0. The van der Waals surface area contributed by atoms with Crippen LogP contribution >= 0.6 is 0 Å². The average molecular weight is 469 g/mol. The minimum absolute atomic E-state index is 0.107. The number of aromatic hydroxyl groups is 1. The first kappa shape index (κ1) is 26.1. The van der Waals surface area contributed by atoms with Crippen LogP contribution in [-0.2, 0) is 14.3 Å². The Balaban J connectivity index is 1.69. The standard InChI is InChI=1S/C29H40O5/c1-19(18-26(31)32)6-13-23-20(2)7-14-24-28(3,4)25(16-17-29(23,24)5)34-27(33)15-10-21-8-11-22(30)12-9-21/h7-12,15,19,23-25,30H,6,13-14,16-18H2,1-5H3,(H,31,32)/b15-10+/t19-,23-,24-,25+,29-/m0/s1. The van der Waals surface area contributed by atoms with Gasteiger partial charge in [0, 0.05) is 17.9 Å². The summed E-state index contributed by atoms with van der Waals surface area (Å²) in [6.45, 7) is 11.1. The highest BCUT2D eigenvalue weighted by molar-refractivity contribution is 5.87. The van der Waals surface area contributed by atoms with Crippen molar-refractivity contribution in [2.75, 3.05) is 0 Å². The van der Waals surface area contributed by atoms with Crippen LogP contribution in [-0.4, -0.2) is 28.3 Å². The molecule has 3 rings (SSSR count). The summed E-state index contributed by atoms with van der Waals surface area (Å²) in [5.74, 6) is 0.105. The molecule has 2 N–H and O–H groups in total. The van der Waals surface area contributed by atoms with Gasteiger partial charge in [0.05, 0.1) is 0 Å². The van der Waals surface area contributed by atoms with E-state index >= 15 is 0 Å². The number of allylic oxidation sites excluding steroid dienone is 2. The first-order chi connectivity index (χ1) is 15.9. The molecule has 0 aromatic heterocycles. The lowest BCUT2D eigenvalue weighted by molar-refractivity contribution is -0.169. The molecule has 5 nitrogen and oxygen atoms in total. The molecule has 1 fully saturated rings. The van der Waals surface area contributed by atoms with E-state index in [4.69, 9.17) is 9.84 Å². The van der Waals surface area contributed by atoms with Gasteiger partial charge in [-0.1, -0.05) is 51.5 Å². The van der Waals surface area contributed by atoms with Crippen LogP contribution in [0.25, 0.3) is 6.08 Å². The summed E-state index contributed by atoms with van der Waals surface area (Å²) in [7, 11) is 0. The molecule has 0 radical (unpaired) electrons. The largest absolute Gasteiger partial charge is 0.508 e. The van der Waals surface area contributed by atoms with Crippen LogP contribution in [0.1, 0.15) is 78.7 Å². The van der Waals surface area contributed by atoms with Crippen LogP contribution < -0.4 is 0 Å². The molecule has 0 spiro atoms. The number of aliphatic carboxylic acids is 1. The van der Waals surface area contributed by atoms with Crippen molar-refractivity contribution in [2.45, 2.75) is 79.2 Å². The van der Waals surface area contributed by atoms with E-state index in [9.17, 15) is 14.7 Å². The number of hydrogen-bond acceptors (Lipinski definition) is 4. The maximum Gasteiger partial charge on any atom is 0.331 e. The quantitative estimate of drug-likeness (QED) is 0.254. The lowest BCUT2D eigenvalue weighted by Gasteiger charge is -2.59. The predicted octanol–water partition coefficient (Wildman–Crippen LogP) is 6.62. The SMILES string of the molecule is CC1=CC[C@H]2C(C)(C)[C@H](OC(=O)/C=C/c3ccc(O)cc3)CC[C@@]2(C)[C@H]1CC[C@H](C)CC(=O)O. The summed E-state index contributed by atoms with van der Waals surface area (Å²) in [6, 6.07) is 6.69. The molecule has 1 aromatic rings. The molecule has 1 saturated carbocycles. The maximum atomic E-state index is 12.6. The number of fused-ring (bicyclic) bond motifs is 1. The molecule has 34 heavy (non-hydrogen) atoms. The Morgan fingerprint density at radius 3 is 2.53 bits per heavy atom. The number of hydrogen-bond donors (Lipinski definition) is 2. The van der Waals surface area contributed by atoms with Crippen molar-refractivity contribution < 1.29 is 24.5 Å². The van der Waals surface area contributed by atoms with Gasteiger partial charge in [0.2, 0.25) is 0 Å². The maximum absolute atomic E-state index is 12.6. The highest BCUT2D eigenvalue weighted by Gasteiger charge is 2.56. The van der Waals surface area contributed by atoms with E-state index in [1.165, 1.54) is 11.6 Å². The molecule has 5 atom stereocenters. The van der Waals surface area contributed by atoms with Crippen molar-refractivity contribution in [3.8, 4) is 5.75 Å². The number of ether oxygens (including phenoxy) is 1. The van der Waals surface area contributed by atoms with E-state index in [1.54, 1.807) is 30.3 Å². The third-order valence-electron chi connectivity index (χ3n) is 8.53. The van der Waals surface area contributed by atoms with Gasteiger partial charge in [0.1, 0.15) is 11.9 Å². The molecular formula is C29H40O5. The molecule has 2 aliphatic rings. The second-order valence-corrected chi connectivity index (χ2v) is 11.3. The van der Waals surface area contributed by atoms with Crippen molar-refractivity contribution in [2.24, 2.45) is 28.6 Å². The van der Waals surface area contributed by atoms with Gasteiger partial charge in [0.25, 0.3) is 0 Å². The fraction of sp³-hybridized carbons (Fsp3) is 0.586. The van der Waals surface area contributed by atoms with Crippen LogP contribution in [0.4, 0.5) is 0 Å². The first-order valence-corrected chi connectivity index (χ1v) is 12.5. The van der Waals surface area contributed by atoms with E-state index in [0.29, 0.717) is 11.8 Å². The summed E-state index contributed by atoms with van der Waals surface area (Å²) < 4.78 is 5.99. The number of carboxylic acids is 1. The number of carboxylic acid groups (broad SMARTS) is 1. The molecule has 1 aromatic carbocycles. The summed E-state index contributed by atoms with van der Waals surface area (Å²) in [5, 5.41) is 18.5. The number of carbonyl (C=O) groups excluding carboxylic acids is 1. The zero-order chi connectivity index (χ0) is 25.1. The Hall–Kier alpha value is -2.56.